The summed E-state index contributed by atoms with van der Waals surface area (Å²) in [5, 5.41) is 7.43. The molecule has 160 valence electrons. The molecule has 1 aliphatic rings. The van der Waals surface area contributed by atoms with Crippen molar-refractivity contribution in [2.75, 3.05) is 23.4 Å². The van der Waals surface area contributed by atoms with Crippen LogP contribution in [0.1, 0.15) is 23.7 Å². The molecule has 30 heavy (non-hydrogen) atoms. The molecule has 0 bridgehead atoms. The number of amides is 1. The molecule has 0 aromatic carbocycles. The number of ether oxygens (including phenoxy) is 1. The summed E-state index contributed by atoms with van der Waals surface area (Å²) in [5.41, 5.74) is 1.02. The van der Waals surface area contributed by atoms with Gasteiger partial charge in [0, 0.05) is 17.8 Å². The fourth-order valence-electron chi connectivity index (χ4n) is 2.90. The first-order chi connectivity index (χ1) is 14.1. The van der Waals surface area contributed by atoms with Gasteiger partial charge in [0.15, 0.2) is 16.4 Å². The van der Waals surface area contributed by atoms with Crippen molar-refractivity contribution in [3.05, 3.63) is 45.8 Å². The van der Waals surface area contributed by atoms with Gasteiger partial charge in [-0.05, 0) is 31.6 Å². The number of aryl methyl sites for hydroxylation is 1. The maximum atomic E-state index is 11.9. The second-order valence-electron chi connectivity index (χ2n) is 6.64. The second kappa shape index (κ2) is 9.15. The van der Waals surface area contributed by atoms with Gasteiger partial charge in [0.25, 0.3) is 5.91 Å². The topological polar surface area (TPSA) is 120 Å². The number of nitrogens with one attached hydrogen (secondary N) is 1. The van der Waals surface area contributed by atoms with Gasteiger partial charge in [0.2, 0.25) is 0 Å². The average Bonchev–Trinajstić information content (AvgIpc) is 3.18. The van der Waals surface area contributed by atoms with E-state index in [1.807, 2.05) is 0 Å². The number of aromatic nitrogens is 3. The van der Waals surface area contributed by atoms with E-state index in [1.165, 1.54) is 23.0 Å². The van der Waals surface area contributed by atoms with E-state index in [0.29, 0.717) is 22.7 Å². The van der Waals surface area contributed by atoms with E-state index < -0.39 is 28.3 Å². The Morgan fingerprint density at radius 2 is 2.13 bits per heavy atom. The van der Waals surface area contributed by atoms with Crippen LogP contribution in [0, 0.1) is 6.92 Å². The van der Waals surface area contributed by atoms with Gasteiger partial charge < -0.3 is 10.1 Å². The Kier molecular flexibility index (Phi) is 6.79. The molecule has 2 aromatic heterocycles. The molecule has 1 N–H and O–H groups in total. The Morgan fingerprint density at radius 1 is 1.37 bits per heavy atom. The molecule has 1 saturated heterocycles. The Hall–Kier alpha value is -2.43. The molecule has 0 aliphatic carbocycles. The van der Waals surface area contributed by atoms with Crippen molar-refractivity contribution in [2.24, 2.45) is 0 Å². The highest BCUT2D eigenvalue weighted by atomic mass is 35.5. The molecule has 0 saturated carbocycles. The number of hydrogen-bond donors (Lipinski definition) is 1. The zero-order valence-electron chi connectivity index (χ0n) is 15.8. The van der Waals surface area contributed by atoms with Gasteiger partial charge in [-0.25, -0.2) is 22.9 Å². The number of hydrogen-bond acceptors (Lipinski definition) is 7. The summed E-state index contributed by atoms with van der Waals surface area (Å²) < 4.78 is 29.7. The van der Waals surface area contributed by atoms with E-state index in [1.54, 1.807) is 13.0 Å². The van der Waals surface area contributed by atoms with Crippen LogP contribution < -0.4 is 5.32 Å². The van der Waals surface area contributed by atoms with Crippen LogP contribution in [-0.2, 0) is 24.2 Å². The molecular weight excluding hydrogens is 455 g/mol. The molecule has 3 heterocycles. The Balaban J connectivity index is 1.57. The first-order valence-electron chi connectivity index (χ1n) is 8.86. The van der Waals surface area contributed by atoms with Gasteiger partial charge in [-0.3, -0.25) is 4.79 Å². The molecule has 1 atom stereocenters. The van der Waals surface area contributed by atoms with Crippen molar-refractivity contribution in [3.63, 3.8) is 0 Å². The third-order valence-electron chi connectivity index (χ3n) is 4.35. The van der Waals surface area contributed by atoms with Crippen molar-refractivity contribution in [1.82, 2.24) is 14.8 Å². The van der Waals surface area contributed by atoms with Gasteiger partial charge >= 0.3 is 5.97 Å². The van der Waals surface area contributed by atoms with E-state index >= 15 is 0 Å². The number of esters is 1. The van der Waals surface area contributed by atoms with Crippen molar-refractivity contribution in [1.29, 1.82) is 0 Å². The number of nitrogens with zero attached hydrogens (tertiary/aromatic N) is 3. The first-order valence-corrected chi connectivity index (χ1v) is 11.4. The lowest BCUT2D eigenvalue weighted by Crippen LogP contribution is -2.20. The van der Waals surface area contributed by atoms with Gasteiger partial charge in [0.1, 0.15) is 11.0 Å². The van der Waals surface area contributed by atoms with Crippen molar-refractivity contribution >= 4 is 56.8 Å². The van der Waals surface area contributed by atoms with E-state index in [9.17, 15) is 18.0 Å². The molecule has 1 unspecified atom stereocenters. The number of halogens is 2. The zero-order chi connectivity index (χ0) is 21.9. The van der Waals surface area contributed by atoms with Crippen LogP contribution in [0.3, 0.4) is 0 Å². The number of anilines is 1. The SMILES string of the molecule is Cc1nn(C2CCS(=O)(=O)C2)c(Cl)c1C=CC(=O)OCC(=O)Nc1ccc(Cl)cn1. The molecule has 9 nitrogen and oxygen atoms in total. The first kappa shape index (κ1) is 22.3. The summed E-state index contributed by atoms with van der Waals surface area (Å²) in [6, 6.07) is 2.74. The van der Waals surface area contributed by atoms with E-state index in [2.05, 4.69) is 15.4 Å². The standard InChI is InChI=1S/C18H18Cl2N4O5S/c1-11-14(18(20)24(23-11)13-6-7-30(27,28)10-13)3-5-17(26)29-9-16(25)22-15-4-2-12(19)8-21-15/h2-5,8,13H,6-7,9-10H2,1H3,(H,21,22,25). The predicted octanol–water partition coefficient (Wildman–Crippen LogP) is 2.45. The molecule has 1 amide bonds. The lowest BCUT2D eigenvalue weighted by atomic mass is 10.2. The summed E-state index contributed by atoms with van der Waals surface area (Å²) in [7, 11) is -3.09. The summed E-state index contributed by atoms with van der Waals surface area (Å²) in [6.45, 7) is 1.20. The molecule has 2 aromatic rings. The average molecular weight is 473 g/mol. The molecule has 1 aliphatic heterocycles. The molecule has 0 spiro atoms. The lowest BCUT2D eigenvalue weighted by Gasteiger charge is -2.09. The molecule has 3 rings (SSSR count). The van der Waals surface area contributed by atoms with Crippen molar-refractivity contribution in [3.8, 4) is 0 Å². The number of carbonyl (C=O) groups excluding carboxylic acids is 2. The zero-order valence-corrected chi connectivity index (χ0v) is 18.2. The minimum atomic E-state index is -3.09. The fraction of sp³-hybridized carbons (Fsp3) is 0.333. The Labute approximate surface area is 182 Å². The van der Waals surface area contributed by atoms with Crippen molar-refractivity contribution < 1.29 is 22.7 Å². The predicted molar refractivity (Wildman–Crippen MR) is 112 cm³/mol. The van der Waals surface area contributed by atoms with Crippen LogP contribution in [0.2, 0.25) is 10.2 Å². The summed E-state index contributed by atoms with van der Waals surface area (Å²) >= 11 is 12.1. The molecule has 1 fully saturated rings. The maximum Gasteiger partial charge on any atom is 0.331 e. The van der Waals surface area contributed by atoms with Gasteiger partial charge in [-0.1, -0.05) is 23.2 Å². The molecular formula is C18H18Cl2N4O5S. The second-order valence-corrected chi connectivity index (χ2v) is 9.67. The number of rotatable bonds is 6. The highest BCUT2D eigenvalue weighted by molar-refractivity contribution is 7.91. The third-order valence-corrected chi connectivity index (χ3v) is 6.70. The van der Waals surface area contributed by atoms with Crippen LogP contribution in [0.15, 0.2) is 24.4 Å². The van der Waals surface area contributed by atoms with Gasteiger partial charge in [0.05, 0.1) is 28.3 Å². The van der Waals surface area contributed by atoms with Crippen LogP contribution in [0.4, 0.5) is 5.82 Å². The quantitative estimate of drug-likeness (QED) is 0.506. The summed E-state index contributed by atoms with van der Waals surface area (Å²) in [6.07, 6.45) is 4.36. The van der Waals surface area contributed by atoms with Gasteiger partial charge in [-0.2, -0.15) is 5.10 Å². The molecule has 12 heteroatoms. The highest BCUT2D eigenvalue weighted by Crippen LogP contribution is 2.30. The van der Waals surface area contributed by atoms with E-state index in [0.717, 1.165) is 6.08 Å². The number of sulfone groups is 1. The lowest BCUT2D eigenvalue weighted by molar-refractivity contribution is -0.142. The van der Waals surface area contributed by atoms with Crippen molar-refractivity contribution in [2.45, 2.75) is 19.4 Å². The Bertz CT molecular complexity index is 1100. The van der Waals surface area contributed by atoms with Gasteiger partial charge in [-0.15, -0.1) is 0 Å². The number of pyridine rings is 1. The highest BCUT2D eigenvalue weighted by Gasteiger charge is 2.31. The fourth-order valence-corrected chi connectivity index (χ4v) is 5.08. The number of carbonyl (C=O) groups is 2. The molecule has 0 radical (unpaired) electrons. The maximum absolute atomic E-state index is 11.9. The minimum absolute atomic E-state index is 0.0172. The summed E-state index contributed by atoms with van der Waals surface area (Å²) in [5.74, 6) is -0.953. The largest absolute Gasteiger partial charge is 0.452 e. The monoisotopic (exact) mass is 472 g/mol. The smallest absolute Gasteiger partial charge is 0.331 e. The van der Waals surface area contributed by atoms with E-state index in [-0.39, 0.29) is 28.5 Å². The Morgan fingerprint density at radius 3 is 2.77 bits per heavy atom. The van der Waals surface area contributed by atoms with Crippen LogP contribution in [0.25, 0.3) is 6.08 Å². The van der Waals surface area contributed by atoms with Crippen LogP contribution >= 0.6 is 23.2 Å². The summed E-state index contributed by atoms with van der Waals surface area (Å²) in [4.78, 5) is 27.6. The van der Waals surface area contributed by atoms with E-state index in [4.69, 9.17) is 27.9 Å². The normalized spacial score (nSPS) is 17.9. The van der Waals surface area contributed by atoms with Crippen LogP contribution in [-0.4, -0.2) is 53.2 Å². The van der Waals surface area contributed by atoms with Crippen LogP contribution in [0.5, 0.6) is 0 Å². The minimum Gasteiger partial charge on any atom is -0.452 e. The third kappa shape index (κ3) is 5.59.